The highest BCUT2D eigenvalue weighted by molar-refractivity contribution is 7.89. The average Bonchev–Trinajstić information content (AvgIpc) is 2.68. The molecule has 0 aliphatic carbocycles. The van der Waals surface area contributed by atoms with Gasteiger partial charge in [0.15, 0.2) is 0 Å². The molecule has 1 amide bonds. The van der Waals surface area contributed by atoms with Crippen molar-refractivity contribution in [3.05, 3.63) is 18.2 Å². The molecule has 7 nitrogen and oxygen atoms in total. The van der Waals surface area contributed by atoms with Crippen LogP contribution in [0.15, 0.2) is 23.1 Å². The van der Waals surface area contributed by atoms with Gasteiger partial charge in [-0.15, -0.1) is 0 Å². The zero-order chi connectivity index (χ0) is 20.1. The molecular formula is C20H31N3O4S. The average molecular weight is 410 g/mol. The van der Waals surface area contributed by atoms with E-state index in [-0.39, 0.29) is 10.8 Å². The number of methoxy groups -OCH3 is 1. The van der Waals surface area contributed by atoms with Crippen LogP contribution < -0.4 is 10.1 Å². The van der Waals surface area contributed by atoms with E-state index in [9.17, 15) is 13.2 Å². The fraction of sp³-hybridized carbons (Fsp3) is 0.650. The lowest BCUT2D eigenvalue weighted by Crippen LogP contribution is -2.39. The molecule has 3 rings (SSSR count). The Morgan fingerprint density at radius 1 is 1.18 bits per heavy atom. The Bertz CT molecular complexity index is 791. The molecule has 1 atom stereocenters. The molecule has 0 spiro atoms. The SMILES string of the molecule is COc1ccc(S(=O)(=O)N2CCCCC2)cc1NC(=O)CN1CCC[C@@H](C)C1. The lowest BCUT2D eigenvalue weighted by molar-refractivity contribution is -0.117. The quantitative estimate of drug-likeness (QED) is 0.781. The molecule has 0 saturated carbocycles. The van der Waals surface area contributed by atoms with Crippen LogP contribution in [-0.4, -0.2) is 63.4 Å². The number of anilines is 1. The maximum absolute atomic E-state index is 12.9. The second kappa shape index (κ2) is 9.24. The van der Waals surface area contributed by atoms with Crippen LogP contribution >= 0.6 is 0 Å². The lowest BCUT2D eigenvalue weighted by atomic mass is 10.0. The van der Waals surface area contributed by atoms with E-state index >= 15 is 0 Å². The summed E-state index contributed by atoms with van der Waals surface area (Å²) >= 11 is 0. The van der Waals surface area contributed by atoms with Crippen molar-refractivity contribution >= 4 is 21.6 Å². The standard InChI is InChI=1S/C20H31N3O4S/c1-16-7-6-10-22(14-16)15-20(24)21-18-13-17(8-9-19(18)27-2)28(25,26)23-11-4-3-5-12-23/h8-9,13,16H,3-7,10-12,14-15H2,1-2H3,(H,21,24)/t16-/m1/s1. The Morgan fingerprint density at radius 3 is 2.61 bits per heavy atom. The maximum Gasteiger partial charge on any atom is 0.243 e. The molecule has 1 aromatic rings. The summed E-state index contributed by atoms with van der Waals surface area (Å²) in [6.45, 7) is 5.41. The van der Waals surface area contributed by atoms with E-state index in [1.54, 1.807) is 12.1 Å². The van der Waals surface area contributed by atoms with Gasteiger partial charge in [-0.25, -0.2) is 8.42 Å². The second-order valence-electron chi connectivity index (χ2n) is 7.86. The smallest absolute Gasteiger partial charge is 0.243 e. The molecule has 0 radical (unpaired) electrons. The number of hydrogen-bond donors (Lipinski definition) is 1. The summed E-state index contributed by atoms with van der Waals surface area (Å²) in [6, 6.07) is 4.67. The summed E-state index contributed by atoms with van der Waals surface area (Å²) in [5.41, 5.74) is 0.399. The van der Waals surface area contributed by atoms with E-state index < -0.39 is 10.0 Å². The fourth-order valence-corrected chi connectivity index (χ4v) is 5.57. The third-order valence-corrected chi connectivity index (χ3v) is 7.40. The van der Waals surface area contributed by atoms with Crippen molar-refractivity contribution in [2.24, 2.45) is 5.92 Å². The van der Waals surface area contributed by atoms with Crippen molar-refractivity contribution in [3.63, 3.8) is 0 Å². The molecule has 0 aromatic heterocycles. The molecule has 2 aliphatic heterocycles. The van der Waals surface area contributed by atoms with Crippen LogP contribution in [0.1, 0.15) is 39.0 Å². The zero-order valence-electron chi connectivity index (χ0n) is 16.8. The van der Waals surface area contributed by atoms with Gasteiger partial charge in [-0.2, -0.15) is 4.31 Å². The first-order valence-corrected chi connectivity index (χ1v) is 11.5. The minimum atomic E-state index is -3.56. The lowest BCUT2D eigenvalue weighted by Gasteiger charge is -2.30. The number of benzene rings is 1. The molecule has 8 heteroatoms. The van der Waals surface area contributed by atoms with Gasteiger partial charge in [0.25, 0.3) is 0 Å². The van der Waals surface area contributed by atoms with Crippen LogP contribution in [-0.2, 0) is 14.8 Å². The van der Waals surface area contributed by atoms with Crippen LogP contribution in [0.2, 0.25) is 0 Å². The molecule has 2 aliphatic rings. The first-order valence-electron chi connectivity index (χ1n) is 10.1. The molecule has 0 unspecified atom stereocenters. The normalized spacial score (nSPS) is 22.0. The maximum atomic E-state index is 12.9. The summed E-state index contributed by atoms with van der Waals surface area (Å²) in [6.07, 6.45) is 5.12. The van der Waals surface area contributed by atoms with Crippen molar-refractivity contribution in [2.75, 3.05) is 45.2 Å². The predicted octanol–water partition coefficient (Wildman–Crippen LogP) is 2.54. The van der Waals surface area contributed by atoms with Gasteiger partial charge in [-0.3, -0.25) is 9.69 Å². The number of rotatable bonds is 6. The van der Waals surface area contributed by atoms with E-state index in [2.05, 4.69) is 17.1 Å². The van der Waals surface area contributed by atoms with Gasteiger partial charge in [0.2, 0.25) is 15.9 Å². The summed E-state index contributed by atoms with van der Waals surface area (Å²) in [4.78, 5) is 14.9. The number of nitrogens with zero attached hydrogens (tertiary/aromatic N) is 2. The van der Waals surface area contributed by atoms with E-state index in [0.717, 1.165) is 38.8 Å². The number of ether oxygens (including phenoxy) is 1. The number of sulfonamides is 1. The number of hydrogen-bond acceptors (Lipinski definition) is 5. The third kappa shape index (κ3) is 5.04. The number of piperidine rings is 2. The van der Waals surface area contributed by atoms with Crippen molar-refractivity contribution in [2.45, 2.75) is 43.9 Å². The highest BCUT2D eigenvalue weighted by Crippen LogP contribution is 2.30. The molecule has 1 N–H and O–H groups in total. The summed E-state index contributed by atoms with van der Waals surface area (Å²) in [7, 11) is -2.05. The predicted molar refractivity (Wildman–Crippen MR) is 109 cm³/mol. The summed E-state index contributed by atoms with van der Waals surface area (Å²) in [5, 5.41) is 2.85. The number of carbonyl (C=O) groups is 1. The largest absolute Gasteiger partial charge is 0.495 e. The van der Waals surface area contributed by atoms with Crippen LogP contribution in [0.25, 0.3) is 0 Å². The third-order valence-electron chi connectivity index (χ3n) is 5.51. The zero-order valence-corrected chi connectivity index (χ0v) is 17.6. The molecule has 0 bridgehead atoms. The van der Waals surface area contributed by atoms with Crippen molar-refractivity contribution in [1.82, 2.24) is 9.21 Å². The first-order chi connectivity index (χ1) is 13.4. The van der Waals surface area contributed by atoms with E-state index in [0.29, 0.717) is 37.0 Å². The van der Waals surface area contributed by atoms with Gasteiger partial charge >= 0.3 is 0 Å². The molecule has 2 fully saturated rings. The number of likely N-dealkylation sites (tertiary alicyclic amines) is 1. The molecule has 156 valence electrons. The van der Waals surface area contributed by atoms with Crippen LogP contribution in [0.5, 0.6) is 5.75 Å². The van der Waals surface area contributed by atoms with Gasteiger partial charge in [-0.1, -0.05) is 13.3 Å². The van der Waals surface area contributed by atoms with Crippen LogP contribution in [0.3, 0.4) is 0 Å². The van der Waals surface area contributed by atoms with Crippen molar-refractivity contribution in [3.8, 4) is 5.75 Å². The van der Waals surface area contributed by atoms with Gasteiger partial charge in [0.1, 0.15) is 5.75 Å². The first kappa shape index (κ1) is 21.1. The van der Waals surface area contributed by atoms with Crippen LogP contribution in [0.4, 0.5) is 5.69 Å². The second-order valence-corrected chi connectivity index (χ2v) is 9.80. The highest BCUT2D eigenvalue weighted by atomic mass is 32.2. The minimum Gasteiger partial charge on any atom is -0.495 e. The Morgan fingerprint density at radius 2 is 1.93 bits per heavy atom. The monoisotopic (exact) mass is 409 g/mol. The molecular weight excluding hydrogens is 378 g/mol. The number of amides is 1. The fourth-order valence-electron chi connectivity index (χ4n) is 4.02. The molecule has 28 heavy (non-hydrogen) atoms. The minimum absolute atomic E-state index is 0.153. The van der Waals surface area contributed by atoms with Gasteiger partial charge in [-0.05, 0) is 56.3 Å². The van der Waals surface area contributed by atoms with E-state index in [1.165, 1.54) is 23.9 Å². The Hall–Kier alpha value is -1.64. The van der Waals surface area contributed by atoms with Crippen molar-refractivity contribution < 1.29 is 17.9 Å². The molecule has 2 saturated heterocycles. The summed E-state index contributed by atoms with van der Waals surface area (Å²) in [5.74, 6) is 0.895. The van der Waals surface area contributed by atoms with Gasteiger partial charge in [0, 0.05) is 19.6 Å². The Balaban J connectivity index is 1.74. The van der Waals surface area contributed by atoms with E-state index in [4.69, 9.17) is 4.74 Å². The van der Waals surface area contributed by atoms with E-state index in [1.807, 2.05) is 0 Å². The van der Waals surface area contributed by atoms with Crippen LogP contribution in [0, 0.1) is 5.92 Å². The van der Waals surface area contributed by atoms with Gasteiger partial charge in [0.05, 0.1) is 24.2 Å². The topological polar surface area (TPSA) is 79.0 Å². The van der Waals surface area contributed by atoms with Crippen molar-refractivity contribution in [1.29, 1.82) is 0 Å². The Labute approximate surface area is 168 Å². The summed E-state index contributed by atoms with van der Waals surface area (Å²) < 4.78 is 32.7. The number of carbonyl (C=O) groups excluding carboxylic acids is 1. The highest BCUT2D eigenvalue weighted by Gasteiger charge is 2.27. The van der Waals surface area contributed by atoms with Gasteiger partial charge < -0.3 is 10.1 Å². The Kier molecular flexibility index (Phi) is 6.95. The number of nitrogens with one attached hydrogen (secondary N) is 1. The molecule has 1 aromatic carbocycles. The molecule has 2 heterocycles.